The number of furan rings is 1. The maximum atomic E-state index is 12.4. The first-order valence-corrected chi connectivity index (χ1v) is 12.7. The van der Waals surface area contributed by atoms with E-state index < -0.39 is 5.91 Å². The number of hydrogen-bond acceptors (Lipinski definition) is 5. The summed E-state index contributed by atoms with van der Waals surface area (Å²) in [7, 11) is 0. The SMILES string of the molecule is CCOc1cc(/C=N/NC(=O)c2cc3cc(Br)ccc3o2)cc(Br)c1OCc1ccc(Cl)cc1Cl. The first-order valence-electron chi connectivity index (χ1n) is 10.4. The first-order chi connectivity index (χ1) is 16.8. The third kappa shape index (κ3) is 6.38. The van der Waals surface area contributed by atoms with Crippen LogP contribution in [0.15, 0.2) is 73.1 Å². The van der Waals surface area contributed by atoms with Gasteiger partial charge in [-0.05, 0) is 76.9 Å². The van der Waals surface area contributed by atoms with E-state index in [2.05, 4.69) is 42.4 Å². The average molecular weight is 641 g/mol. The van der Waals surface area contributed by atoms with Crippen LogP contribution >= 0.6 is 55.1 Å². The van der Waals surface area contributed by atoms with Crippen LogP contribution in [0.25, 0.3) is 11.0 Å². The number of amides is 1. The van der Waals surface area contributed by atoms with Crippen molar-refractivity contribution in [2.24, 2.45) is 5.10 Å². The van der Waals surface area contributed by atoms with Crippen LogP contribution < -0.4 is 14.9 Å². The number of fused-ring (bicyclic) bond motifs is 1. The summed E-state index contributed by atoms with van der Waals surface area (Å²) in [6.45, 7) is 2.54. The third-order valence-electron chi connectivity index (χ3n) is 4.80. The largest absolute Gasteiger partial charge is 0.490 e. The minimum absolute atomic E-state index is 0.163. The number of hydrogen-bond donors (Lipinski definition) is 1. The lowest BCUT2D eigenvalue weighted by Crippen LogP contribution is -2.16. The number of ether oxygens (including phenoxy) is 2. The Morgan fingerprint density at radius 1 is 1.09 bits per heavy atom. The Kier molecular flexibility index (Phi) is 8.38. The zero-order valence-corrected chi connectivity index (χ0v) is 23.0. The van der Waals surface area contributed by atoms with Gasteiger partial charge in [-0.2, -0.15) is 5.10 Å². The Hall–Kier alpha value is -2.52. The standard InChI is InChI=1S/C25H18Br2Cl2N2O4/c1-2-33-22-8-14(7-19(27)24(22)34-13-15-3-5-18(28)11-20(15)29)12-30-31-25(32)23-10-16-9-17(26)4-6-21(16)35-23/h3-12H,2,13H2,1H3,(H,31,32)/b30-12+. The predicted molar refractivity (Wildman–Crippen MR) is 145 cm³/mol. The summed E-state index contributed by atoms with van der Waals surface area (Å²) in [4.78, 5) is 12.4. The van der Waals surface area contributed by atoms with Crippen LogP contribution in [-0.2, 0) is 6.61 Å². The Bertz CT molecular complexity index is 1420. The molecule has 0 saturated carbocycles. The molecule has 0 bridgehead atoms. The van der Waals surface area contributed by atoms with E-state index in [0.29, 0.717) is 43.8 Å². The summed E-state index contributed by atoms with van der Waals surface area (Å²) in [5.74, 6) is 0.739. The van der Waals surface area contributed by atoms with Crippen molar-refractivity contribution < 1.29 is 18.7 Å². The fourth-order valence-electron chi connectivity index (χ4n) is 3.20. The molecule has 180 valence electrons. The van der Waals surface area contributed by atoms with Gasteiger partial charge >= 0.3 is 5.91 Å². The van der Waals surface area contributed by atoms with E-state index in [1.807, 2.05) is 25.1 Å². The molecule has 0 aliphatic heterocycles. The summed E-state index contributed by atoms with van der Waals surface area (Å²) in [5.41, 5.74) is 4.57. The molecule has 35 heavy (non-hydrogen) atoms. The second-order valence-electron chi connectivity index (χ2n) is 7.28. The smallest absolute Gasteiger partial charge is 0.307 e. The molecular formula is C25H18Br2Cl2N2O4. The predicted octanol–water partition coefficient (Wildman–Crippen LogP) is 8.01. The van der Waals surface area contributed by atoms with E-state index in [-0.39, 0.29) is 12.4 Å². The zero-order valence-electron chi connectivity index (χ0n) is 18.3. The molecule has 3 aromatic carbocycles. The van der Waals surface area contributed by atoms with Crippen molar-refractivity contribution in [2.45, 2.75) is 13.5 Å². The van der Waals surface area contributed by atoms with Crippen LogP contribution in [0.3, 0.4) is 0 Å². The molecule has 0 aliphatic rings. The number of rotatable bonds is 8. The molecule has 0 spiro atoms. The van der Waals surface area contributed by atoms with E-state index >= 15 is 0 Å². The van der Waals surface area contributed by atoms with Gasteiger partial charge in [0.1, 0.15) is 12.2 Å². The second-order valence-corrected chi connectivity index (χ2v) is 9.89. The molecule has 4 rings (SSSR count). The molecule has 10 heteroatoms. The number of carbonyl (C=O) groups excluding carboxylic acids is 1. The lowest BCUT2D eigenvalue weighted by atomic mass is 10.2. The fraction of sp³-hybridized carbons (Fsp3) is 0.120. The van der Waals surface area contributed by atoms with E-state index in [1.165, 1.54) is 6.21 Å². The summed E-state index contributed by atoms with van der Waals surface area (Å²) >= 11 is 19.1. The van der Waals surface area contributed by atoms with Crippen LogP contribution in [0.4, 0.5) is 0 Å². The van der Waals surface area contributed by atoms with Crippen molar-refractivity contribution in [3.05, 3.63) is 90.5 Å². The van der Waals surface area contributed by atoms with Crippen LogP contribution in [0.2, 0.25) is 10.0 Å². The maximum Gasteiger partial charge on any atom is 0.307 e. The van der Waals surface area contributed by atoms with Crippen LogP contribution in [0.1, 0.15) is 28.6 Å². The lowest BCUT2D eigenvalue weighted by Gasteiger charge is -2.15. The molecule has 0 atom stereocenters. The summed E-state index contributed by atoms with van der Waals surface area (Å²) < 4.78 is 18.9. The van der Waals surface area contributed by atoms with Crippen molar-refractivity contribution in [3.63, 3.8) is 0 Å². The Morgan fingerprint density at radius 3 is 2.69 bits per heavy atom. The molecule has 1 amide bonds. The highest BCUT2D eigenvalue weighted by molar-refractivity contribution is 9.10. The third-order valence-corrected chi connectivity index (χ3v) is 6.47. The number of carbonyl (C=O) groups is 1. The first kappa shape index (κ1) is 25.6. The minimum atomic E-state index is -0.461. The lowest BCUT2D eigenvalue weighted by molar-refractivity contribution is 0.0929. The van der Waals surface area contributed by atoms with Gasteiger partial charge in [-0.25, -0.2) is 5.43 Å². The van der Waals surface area contributed by atoms with E-state index in [9.17, 15) is 4.79 Å². The molecular weight excluding hydrogens is 623 g/mol. The van der Waals surface area contributed by atoms with Crippen LogP contribution in [0.5, 0.6) is 11.5 Å². The van der Waals surface area contributed by atoms with Gasteiger partial charge < -0.3 is 13.9 Å². The number of nitrogens with one attached hydrogen (secondary N) is 1. The van der Waals surface area contributed by atoms with Crippen LogP contribution in [0, 0.1) is 0 Å². The summed E-state index contributed by atoms with van der Waals surface area (Å²) in [6.07, 6.45) is 1.50. The van der Waals surface area contributed by atoms with Gasteiger partial charge in [0.25, 0.3) is 0 Å². The maximum absolute atomic E-state index is 12.4. The Labute approximate surface area is 228 Å². The van der Waals surface area contributed by atoms with Gasteiger partial charge in [-0.1, -0.05) is 45.2 Å². The van der Waals surface area contributed by atoms with Crippen molar-refractivity contribution in [2.75, 3.05) is 6.61 Å². The molecule has 4 aromatic rings. The molecule has 6 nitrogen and oxygen atoms in total. The molecule has 1 aromatic heterocycles. The van der Waals surface area contributed by atoms with Crippen LogP contribution in [-0.4, -0.2) is 18.7 Å². The molecule has 0 saturated heterocycles. The normalized spacial score (nSPS) is 11.2. The van der Waals surface area contributed by atoms with Gasteiger partial charge in [0, 0.05) is 25.5 Å². The fourth-order valence-corrected chi connectivity index (χ4v) is 4.62. The van der Waals surface area contributed by atoms with Crippen molar-refractivity contribution in [1.29, 1.82) is 0 Å². The van der Waals surface area contributed by atoms with E-state index in [4.69, 9.17) is 37.1 Å². The zero-order chi connectivity index (χ0) is 24.9. The van der Waals surface area contributed by atoms with Gasteiger partial charge in [-0.3, -0.25) is 4.79 Å². The quantitative estimate of drug-likeness (QED) is 0.156. The molecule has 1 N–H and O–H groups in total. The highest BCUT2D eigenvalue weighted by Crippen LogP contribution is 2.37. The molecule has 0 radical (unpaired) electrons. The van der Waals surface area contributed by atoms with Crippen molar-refractivity contribution >= 4 is 78.2 Å². The topological polar surface area (TPSA) is 73.1 Å². The molecule has 0 fully saturated rings. The molecule has 0 aliphatic carbocycles. The highest BCUT2D eigenvalue weighted by Gasteiger charge is 2.14. The number of hydrazone groups is 1. The Morgan fingerprint density at radius 2 is 1.91 bits per heavy atom. The minimum Gasteiger partial charge on any atom is -0.490 e. The second kappa shape index (κ2) is 11.5. The van der Waals surface area contributed by atoms with E-state index in [1.54, 1.807) is 36.4 Å². The van der Waals surface area contributed by atoms with Gasteiger partial charge in [0.15, 0.2) is 17.3 Å². The molecule has 0 unspecified atom stereocenters. The van der Waals surface area contributed by atoms with Crippen molar-refractivity contribution in [1.82, 2.24) is 5.43 Å². The average Bonchev–Trinajstić information content (AvgIpc) is 3.23. The Balaban J connectivity index is 1.47. The number of benzene rings is 3. The molecule has 1 heterocycles. The monoisotopic (exact) mass is 638 g/mol. The summed E-state index contributed by atoms with van der Waals surface area (Å²) in [6, 6.07) is 16.0. The van der Waals surface area contributed by atoms with E-state index in [0.717, 1.165) is 15.4 Å². The van der Waals surface area contributed by atoms with Gasteiger partial charge in [0.05, 0.1) is 17.3 Å². The van der Waals surface area contributed by atoms with Crippen molar-refractivity contribution in [3.8, 4) is 11.5 Å². The van der Waals surface area contributed by atoms with Gasteiger partial charge in [0.2, 0.25) is 0 Å². The number of nitrogens with zero attached hydrogens (tertiary/aromatic N) is 1. The number of halogens is 4. The highest BCUT2D eigenvalue weighted by atomic mass is 79.9. The van der Waals surface area contributed by atoms with Gasteiger partial charge in [-0.15, -0.1) is 0 Å². The summed E-state index contributed by atoms with van der Waals surface area (Å²) in [5, 5.41) is 5.94.